The molecule has 0 bridgehead atoms. The Morgan fingerprint density at radius 1 is 1.00 bits per heavy atom. The molecule has 6 nitrogen and oxygen atoms in total. The second-order valence-electron chi connectivity index (χ2n) is 4.15. The second-order valence-corrected chi connectivity index (χ2v) is 4.15. The van der Waals surface area contributed by atoms with Crippen molar-refractivity contribution in [2.75, 3.05) is 46.6 Å². The zero-order valence-corrected chi connectivity index (χ0v) is 11.9. The first-order valence-corrected chi connectivity index (χ1v) is 6.69. The van der Waals surface area contributed by atoms with Gasteiger partial charge in [0, 0.05) is 33.3 Å². The molecule has 1 aromatic carbocycles. The number of ether oxygens (including phenoxy) is 2. The molecular formula is C14H23N3O3. The van der Waals surface area contributed by atoms with Gasteiger partial charge in [-0.15, -0.1) is 0 Å². The molecule has 0 aliphatic carbocycles. The smallest absolute Gasteiger partial charge is 0.325 e. The average Bonchev–Trinajstić information content (AvgIpc) is 2.46. The fourth-order valence-electron chi connectivity index (χ4n) is 1.50. The van der Waals surface area contributed by atoms with Crippen LogP contribution in [0.25, 0.3) is 0 Å². The summed E-state index contributed by atoms with van der Waals surface area (Å²) in [5, 5.41) is 9.35. The van der Waals surface area contributed by atoms with Crippen molar-refractivity contribution in [3.8, 4) is 5.75 Å². The lowest BCUT2D eigenvalue weighted by Gasteiger charge is -2.07. The molecule has 0 unspecified atom stereocenters. The van der Waals surface area contributed by atoms with Gasteiger partial charge in [-0.3, -0.25) is 10.1 Å². The lowest BCUT2D eigenvalue weighted by molar-refractivity contribution is -0.133. The Labute approximate surface area is 119 Å². The van der Waals surface area contributed by atoms with E-state index in [-0.39, 0.29) is 12.5 Å². The maximum absolute atomic E-state index is 11.5. The van der Waals surface area contributed by atoms with E-state index in [1.807, 2.05) is 18.2 Å². The first-order valence-electron chi connectivity index (χ1n) is 6.69. The van der Waals surface area contributed by atoms with Gasteiger partial charge in [-0.1, -0.05) is 18.2 Å². The Balaban J connectivity index is 1.92. The molecule has 0 spiro atoms. The molecule has 1 rings (SSSR count). The van der Waals surface area contributed by atoms with Gasteiger partial charge < -0.3 is 20.1 Å². The lowest BCUT2D eigenvalue weighted by Crippen LogP contribution is -2.35. The van der Waals surface area contributed by atoms with Crippen LogP contribution in [-0.2, 0) is 9.53 Å². The van der Waals surface area contributed by atoms with Crippen molar-refractivity contribution < 1.29 is 14.3 Å². The molecule has 20 heavy (non-hydrogen) atoms. The van der Waals surface area contributed by atoms with E-state index in [0.717, 1.165) is 19.6 Å². The minimum absolute atomic E-state index is 0.207. The zero-order valence-electron chi connectivity index (χ0n) is 11.9. The molecule has 0 atom stereocenters. The van der Waals surface area contributed by atoms with Gasteiger partial charge in [-0.05, 0) is 12.1 Å². The highest BCUT2D eigenvalue weighted by atomic mass is 16.5. The topological polar surface area (TPSA) is 71.6 Å². The molecule has 112 valence electrons. The summed E-state index contributed by atoms with van der Waals surface area (Å²) in [4.78, 5) is 11.5. The fourth-order valence-corrected chi connectivity index (χ4v) is 1.50. The molecule has 0 saturated carbocycles. The fraction of sp³-hybridized carbons (Fsp3) is 0.500. The molecule has 0 radical (unpaired) electrons. The molecular weight excluding hydrogens is 258 g/mol. The number of carbonyl (C=O) groups is 1. The zero-order chi connectivity index (χ0) is 14.5. The minimum Gasteiger partial charge on any atom is -0.426 e. The van der Waals surface area contributed by atoms with Crippen molar-refractivity contribution in [2.24, 2.45) is 0 Å². The van der Waals surface area contributed by atoms with E-state index < -0.39 is 0 Å². The van der Waals surface area contributed by atoms with Crippen LogP contribution in [0, 0.1) is 0 Å². The third kappa shape index (κ3) is 8.60. The monoisotopic (exact) mass is 281 g/mol. The molecule has 0 aliphatic rings. The van der Waals surface area contributed by atoms with Crippen molar-refractivity contribution in [2.45, 2.75) is 0 Å². The van der Waals surface area contributed by atoms with Crippen molar-refractivity contribution in [1.29, 1.82) is 0 Å². The summed E-state index contributed by atoms with van der Waals surface area (Å²) in [5.74, 6) is 0.291. The standard InChI is InChI=1S/C14H23N3O3/c1-19-12-17-10-8-15-7-9-16-11-14(18)20-13-5-3-2-4-6-13/h2-6,15-17H,7-12H2,1H3. The number of benzene rings is 1. The van der Waals surface area contributed by atoms with Crippen LogP contribution in [0.5, 0.6) is 5.75 Å². The summed E-state index contributed by atoms with van der Waals surface area (Å²) in [5.41, 5.74) is 0. The number of hydrogen-bond donors (Lipinski definition) is 3. The van der Waals surface area contributed by atoms with Gasteiger partial charge in [-0.25, -0.2) is 0 Å². The highest BCUT2D eigenvalue weighted by Crippen LogP contribution is 2.07. The van der Waals surface area contributed by atoms with Crippen molar-refractivity contribution >= 4 is 5.97 Å². The third-order valence-electron chi connectivity index (χ3n) is 2.45. The van der Waals surface area contributed by atoms with E-state index in [0.29, 0.717) is 19.0 Å². The second kappa shape index (κ2) is 11.4. The molecule has 1 aromatic rings. The van der Waals surface area contributed by atoms with Gasteiger partial charge in [-0.2, -0.15) is 0 Å². The Bertz CT molecular complexity index is 360. The SMILES string of the molecule is COCNCCNCCNCC(=O)Oc1ccccc1. The average molecular weight is 281 g/mol. The number of methoxy groups -OCH3 is 1. The predicted octanol–water partition coefficient (Wildman–Crippen LogP) is -0.0353. The Kier molecular flexibility index (Phi) is 9.42. The number of rotatable bonds is 11. The quantitative estimate of drug-likeness (QED) is 0.229. The summed E-state index contributed by atoms with van der Waals surface area (Å²) < 4.78 is 10.0. The van der Waals surface area contributed by atoms with Gasteiger partial charge in [0.1, 0.15) is 5.75 Å². The van der Waals surface area contributed by atoms with Crippen LogP contribution in [0.1, 0.15) is 0 Å². The van der Waals surface area contributed by atoms with E-state index in [2.05, 4.69) is 16.0 Å². The van der Waals surface area contributed by atoms with E-state index >= 15 is 0 Å². The van der Waals surface area contributed by atoms with Crippen LogP contribution in [0.15, 0.2) is 30.3 Å². The highest BCUT2D eigenvalue weighted by molar-refractivity contribution is 5.74. The third-order valence-corrected chi connectivity index (χ3v) is 2.45. The number of hydrogen-bond acceptors (Lipinski definition) is 6. The molecule has 0 saturated heterocycles. The maximum Gasteiger partial charge on any atom is 0.325 e. The van der Waals surface area contributed by atoms with E-state index in [4.69, 9.17) is 9.47 Å². The van der Waals surface area contributed by atoms with Crippen LogP contribution >= 0.6 is 0 Å². The summed E-state index contributed by atoms with van der Waals surface area (Å²) in [6, 6.07) is 9.05. The number of nitrogens with one attached hydrogen (secondary N) is 3. The largest absolute Gasteiger partial charge is 0.426 e. The summed E-state index contributed by atoms with van der Waals surface area (Å²) in [6.07, 6.45) is 0. The first-order chi connectivity index (χ1) is 9.83. The summed E-state index contributed by atoms with van der Waals surface area (Å²) >= 11 is 0. The molecule has 0 aromatic heterocycles. The Hall–Kier alpha value is -1.47. The van der Waals surface area contributed by atoms with E-state index in [1.165, 1.54) is 0 Å². The van der Waals surface area contributed by atoms with Crippen LogP contribution in [0.3, 0.4) is 0 Å². The van der Waals surface area contributed by atoms with Crippen molar-refractivity contribution in [3.05, 3.63) is 30.3 Å². The van der Waals surface area contributed by atoms with Crippen LogP contribution < -0.4 is 20.7 Å². The molecule has 0 aliphatic heterocycles. The van der Waals surface area contributed by atoms with Gasteiger partial charge in [0.25, 0.3) is 0 Å². The van der Waals surface area contributed by atoms with Crippen molar-refractivity contribution in [3.63, 3.8) is 0 Å². The number of carbonyl (C=O) groups excluding carboxylic acids is 1. The summed E-state index contributed by atoms with van der Waals surface area (Å²) in [6.45, 7) is 3.99. The Morgan fingerprint density at radius 2 is 1.65 bits per heavy atom. The molecule has 0 heterocycles. The molecule has 0 amide bonds. The number of esters is 1. The van der Waals surface area contributed by atoms with Crippen LogP contribution in [0.2, 0.25) is 0 Å². The first kappa shape index (κ1) is 16.6. The molecule has 0 fully saturated rings. The number of para-hydroxylation sites is 1. The molecule has 6 heteroatoms. The summed E-state index contributed by atoms with van der Waals surface area (Å²) in [7, 11) is 1.65. The van der Waals surface area contributed by atoms with E-state index in [9.17, 15) is 4.79 Å². The van der Waals surface area contributed by atoms with Crippen molar-refractivity contribution in [1.82, 2.24) is 16.0 Å². The van der Waals surface area contributed by atoms with Crippen LogP contribution in [-0.4, -0.2) is 52.5 Å². The minimum atomic E-state index is -0.280. The predicted molar refractivity (Wildman–Crippen MR) is 77.7 cm³/mol. The van der Waals surface area contributed by atoms with Crippen LogP contribution in [0.4, 0.5) is 0 Å². The highest BCUT2D eigenvalue weighted by Gasteiger charge is 2.02. The maximum atomic E-state index is 11.5. The van der Waals surface area contributed by atoms with Gasteiger partial charge >= 0.3 is 5.97 Å². The molecule has 3 N–H and O–H groups in total. The normalized spacial score (nSPS) is 10.4. The Morgan fingerprint density at radius 3 is 2.35 bits per heavy atom. The van der Waals surface area contributed by atoms with Gasteiger partial charge in [0.2, 0.25) is 0 Å². The van der Waals surface area contributed by atoms with Gasteiger partial charge in [0.15, 0.2) is 0 Å². The van der Waals surface area contributed by atoms with E-state index in [1.54, 1.807) is 19.2 Å². The van der Waals surface area contributed by atoms with Gasteiger partial charge in [0.05, 0.1) is 13.3 Å². The lowest BCUT2D eigenvalue weighted by atomic mass is 10.3.